The van der Waals surface area contributed by atoms with Crippen molar-refractivity contribution in [3.63, 3.8) is 0 Å². The van der Waals surface area contributed by atoms with Gasteiger partial charge in [-0.2, -0.15) is 0 Å². The van der Waals surface area contributed by atoms with Crippen LogP contribution in [0, 0.1) is 6.92 Å². The van der Waals surface area contributed by atoms with Crippen LogP contribution in [-0.2, 0) is 32.6 Å². The number of hydrogen-bond donors (Lipinski definition) is 1. The number of aryl methyl sites for hydroxylation is 1. The van der Waals surface area contributed by atoms with Crippen LogP contribution in [0.25, 0.3) is 0 Å². The van der Waals surface area contributed by atoms with Gasteiger partial charge in [-0.3, -0.25) is 13.9 Å². The van der Waals surface area contributed by atoms with E-state index in [1.54, 1.807) is 30.3 Å². The number of carbonyl (C=O) groups is 2. The second kappa shape index (κ2) is 14.8. The Balaban J connectivity index is 1.77. The van der Waals surface area contributed by atoms with E-state index in [2.05, 4.69) is 5.32 Å². The average Bonchev–Trinajstić information content (AvgIpc) is 3.02. The summed E-state index contributed by atoms with van der Waals surface area (Å²) in [5.74, 6) is -0.799. The number of halogens is 1. The fraction of sp³-hybridized carbons (Fsp3) is 0.235. The minimum Gasteiger partial charge on any atom is -0.354 e. The van der Waals surface area contributed by atoms with E-state index in [0.717, 1.165) is 27.4 Å². The molecule has 0 heterocycles. The largest absolute Gasteiger partial charge is 0.354 e. The van der Waals surface area contributed by atoms with Gasteiger partial charge >= 0.3 is 0 Å². The number of para-hydroxylation sites is 1. The molecule has 0 bridgehead atoms. The number of carbonyl (C=O) groups excluding carboxylic acids is 2. The Morgan fingerprint density at radius 3 is 2.02 bits per heavy atom. The number of sulfonamides is 1. The van der Waals surface area contributed by atoms with Crippen molar-refractivity contribution in [2.24, 2.45) is 0 Å². The van der Waals surface area contributed by atoms with Gasteiger partial charge < -0.3 is 10.2 Å². The number of amides is 2. The molecule has 1 N–H and O–H groups in total. The predicted molar refractivity (Wildman–Crippen MR) is 171 cm³/mol. The zero-order chi connectivity index (χ0) is 30.8. The number of nitrogens with one attached hydrogen (secondary N) is 1. The Hall–Kier alpha value is -4.14. The maximum absolute atomic E-state index is 14.4. The first kappa shape index (κ1) is 31.8. The molecule has 9 heteroatoms. The van der Waals surface area contributed by atoms with Crippen molar-refractivity contribution in [2.45, 2.75) is 44.2 Å². The molecule has 1 atom stereocenters. The molecule has 0 saturated carbocycles. The van der Waals surface area contributed by atoms with E-state index in [9.17, 15) is 18.0 Å². The van der Waals surface area contributed by atoms with Crippen LogP contribution in [0.1, 0.15) is 30.0 Å². The van der Waals surface area contributed by atoms with Crippen molar-refractivity contribution >= 4 is 39.1 Å². The highest BCUT2D eigenvalue weighted by Gasteiger charge is 2.34. The van der Waals surface area contributed by atoms with Gasteiger partial charge in [0.15, 0.2) is 0 Å². The second-order valence-electron chi connectivity index (χ2n) is 10.3. The summed E-state index contributed by atoms with van der Waals surface area (Å²) in [6.07, 6.45) is 1.00. The van der Waals surface area contributed by atoms with E-state index in [1.165, 1.54) is 29.2 Å². The molecule has 0 radical (unpaired) electrons. The molecule has 2 amide bonds. The molecule has 0 unspecified atom stereocenters. The van der Waals surface area contributed by atoms with Crippen molar-refractivity contribution in [1.29, 1.82) is 0 Å². The van der Waals surface area contributed by atoms with Crippen LogP contribution in [-0.4, -0.2) is 44.3 Å². The van der Waals surface area contributed by atoms with Crippen molar-refractivity contribution in [3.8, 4) is 0 Å². The van der Waals surface area contributed by atoms with Gasteiger partial charge in [0.25, 0.3) is 10.0 Å². The summed E-state index contributed by atoms with van der Waals surface area (Å²) < 4.78 is 29.0. The van der Waals surface area contributed by atoms with Crippen LogP contribution in [0.3, 0.4) is 0 Å². The Bertz CT molecular complexity index is 1600. The van der Waals surface area contributed by atoms with Gasteiger partial charge in [0.2, 0.25) is 11.8 Å². The third kappa shape index (κ3) is 8.46. The molecule has 7 nitrogen and oxygen atoms in total. The highest BCUT2D eigenvalue weighted by Crippen LogP contribution is 2.26. The summed E-state index contributed by atoms with van der Waals surface area (Å²) in [6.45, 7) is 4.01. The Kier molecular flexibility index (Phi) is 11.0. The van der Waals surface area contributed by atoms with E-state index >= 15 is 0 Å². The highest BCUT2D eigenvalue weighted by molar-refractivity contribution is 7.92. The summed E-state index contributed by atoms with van der Waals surface area (Å²) >= 11 is 6.03. The lowest BCUT2D eigenvalue weighted by atomic mass is 10.0. The van der Waals surface area contributed by atoms with E-state index in [4.69, 9.17) is 11.6 Å². The zero-order valence-corrected chi connectivity index (χ0v) is 25.9. The van der Waals surface area contributed by atoms with Gasteiger partial charge in [0.1, 0.15) is 12.6 Å². The van der Waals surface area contributed by atoms with E-state index < -0.39 is 28.5 Å². The molecule has 224 valence electrons. The van der Waals surface area contributed by atoms with Crippen molar-refractivity contribution in [3.05, 3.63) is 131 Å². The van der Waals surface area contributed by atoms with Gasteiger partial charge in [0, 0.05) is 24.5 Å². The van der Waals surface area contributed by atoms with Gasteiger partial charge in [-0.05, 0) is 60.9 Å². The normalized spacial score (nSPS) is 11.9. The molecular formula is C34H36ClN3O4S. The summed E-state index contributed by atoms with van der Waals surface area (Å²) in [6, 6.07) is 30.6. The summed E-state index contributed by atoms with van der Waals surface area (Å²) in [4.78, 5) is 29.5. The highest BCUT2D eigenvalue weighted by atomic mass is 35.5. The fourth-order valence-corrected chi connectivity index (χ4v) is 6.21. The topological polar surface area (TPSA) is 86.8 Å². The predicted octanol–water partition coefficient (Wildman–Crippen LogP) is 6.01. The third-order valence-corrected chi connectivity index (χ3v) is 9.06. The summed E-state index contributed by atoms with van der Waals surface area (Å²) in [5.41, 5.74) is 3.10. The summed E-state index contributed by atoms with van der Waals surface area (Å²) in [7, 11) is -4.17. The van der Waals surface area contributed by atoms with Crippen LogP contribution < -0.4 is 9.62 Å². The Morgan fingerprint density at radius 1 is 0.814 bits per heavy atom. The van der Waals surface area contributed by atoms with Crippen LogP contribution >= 0.6 is 11.6 Å². The molecular weight excluding hydrogens is 582 g/mol. The van der Waals surface area contributed by atoms with Crippen molar-refractivity contribution < 1.29 is 18.0 Å². The maximum atomic E-state index is 14.4. The lowest BCUT2D eigenvalue weighted by Crippen LogP contribution is -2.53. The number of hydrogen-bond acceptors (Lipinski definition) is 4. The number of anilines is 1. The Labute approximate surface area is 259 Å². The minimum absolute atomic E-state index is 0.000150. The van der Waals surface area contributed by atoms with E-state index in [1.807, 2.05) is 68.4 Å². The minimum atomic E-state index is -4.17. The first-order valence-electron chi connectivity index (χ1n) is 14.2. The van der Waals surface area contributed by atoms with Gasteiger partial charge in [0.05, 0.1) is 10.6 Å². The molecule has 0 aliphatic carbocycles. The second-order valence-corrected chi connectivity index (χ2v) is 12.6. The van der Waals surface area contributed by atoms with Crippen LogP contribution in [0.4, 0.5) is 5.69 Å². The fourth-order valence-electron chi connectivity index (χ4n) is 4.67. The van der Waals surface area contributed by atoms with Gasteiger partial charge in [-0.15, -0.1) is 0 Å². The maximum Gasteiger partial charge on any atom is 0.264 e. The molecule has 0 aromatic heterocycles. The van der Waals surface area contributed by atoms with E-state index in [-0.39, 0.29) is 23.8 Å². The lowest BCUT2D eigenvalue weighted by Gasteiger charge is -2.34. The first-order valence-corrected chi connectivity index (χ1v) is 16.0. The van der Waals surface area contributed by atoms with Crippen LogP contribution in [0.2, 0.25) is 5.02 Å². The molecule has 0 fully saturated rings. The number of nitrogens with zero attached hydrogens (tertiary/aromatic N) is 2. The molecule has 0 aliphatic rings. The van der Waals surface area contributed by atoms with E-state index in [0.29, 0.717) is 17.3 Å². The van der Waals surface area contributed by atoms with Crippen molar-refractivity contribution in [1.82, 2.24) is 10.2 Å². The number of benzene rings is 4. The van der Waals surface area contributed by atoms with Crippen molar-refractivity contribution in [2.75, 3.05) is 17.4 Å². The van der Waals surface area contributed by atoms with Crippen LogP contribution in [0.15, 0.2) is 114 Å². The lowest BCUT2D eigenvalue weighted by molar-refractivity contribution is -0.140. The molecule has 4 aromatic carbocycles. The molecule has 0 spiro atoms. The molecule has 43 heavy (non-hydrogen) atoms. The third-order valence-electron chi connectivity index (χ3n) is 7.02. The Morgan fingerprint density at radius 2 is 1.42 bits per heavy atom. The quantitative estimate of drug-likeness (QED) is 0.199. The molecule has 4 aromatic rings. The van der Waals surface area contributed by atoms with Gasteiger partial charge in [-0.1, -0.05) is 96.9 Å². The molecule has 0 aliphatic heterocycles. The smallest absolute Gasteiger partial charge is 0.264 e. The standard InChI is InChI=1S/C34H36ClN3O4S/c1-3-22-36-34(40)32(23-27-10-6-4-7-11-27)37(24-28-16-14-26(2)15-17-28)33(39)25-38(30-12-8-5-9-13-30)43(41,42)31-20-18-29(35)19-21-31/h4-21,32H,3,22-25H2,1-2H3,(H,36,40)/t32-/m0/s1. The van der Waals surface area contributed by atoms with Gasteiger partial charge in [-0.25, -0.2) is 8.42 Å². The average molecular weight is 618 g/mol. The zero-order valence-electron chi connectivity index (χ0n) is 24.3. The monoisotopic (exact) mass is 617 g/mol. The number of rotatable bonds is 13. The SMILES string of the molecule is CCCNC(=O)[C@H](Cc1ccccc1)N(Cc1ccc(C)cc1)C(=O)CN(c1ccccc1)S(=O)(=O)c1ccc(Cl)cc1. The van der Waals surface area contributed by atoms with Crippen LogP contribution in [0.5, 0.6) is 0 Å². The first-order chi connectivity index (χ1) is 20.7. The molecule has 0 saturated heterocycles. The molecule has 4 rings (SSSR count). The summed E-state index contributed by atoms with van der Waals surface area (Å²) in [5, 5.41) is 3.35.